The molecule has 0 aromatic heterocycles. The third-order valence-corrected chi connectivity index (χ3v) is 4.19. The van der Waals surface area contributed by atoms with Crippen LogP contribution in [0.2, 0.25) is 5.02 Å². The molecule has 106 valence electrons. The van der Waals surface area contributed by atoms with Crippen LogP contribution in [0.4, 0.5) is 0 Å². The standard InChI is InChI=1S/C15H17ClN2O2/c16-13-4-2-1-3-10(13)7-14(19)17-11-8-15(20)18(9-11)12-5-6-12/h1-4,11-12H,5-9H2,(H,17,19)/t11-/m0/s1. The predicted octanol–water partition coefficient (Wildman–Crippen LogP) is 1.76. The van der Waals surface area contributed by atoms with Gasteiger partial charge in [-0.05, 0) is 24.5 Å². The van der Waals surface area contributed by atoms with Crippen molar-refractivity contribution in [1.82, 2.24) is 10.2 Å². The summed E-state index contributed by atoms with van der Waals surface area (Å²) in [7, 11) is 0. The van der Waals surface area contributed by atoms with Crippen molar-refractivity contribution in [1.29, 1.82) is 0 Å². The van der Waals surface area contributed by atoms with Crippen LogP contribution < -0.4 is 5.32 Å². The Morgan fingerprint density at radius 3 is 2.80 bits per heavy atom. The fourth-order valence-corrected chi connectivity index (χ4v) is 2.86. The highest BCUT2D eigenvalue weighted by Crippen LogP contribution is 2.30. The average Bonchev–Trinajstić information content (AvgIpc) is 3.17. The Morgan fingerprint density at radius 1 is 1.35 bits per heavy atom. The second kappa shape index (κ2) is 5.44. The van der Waals surface area contributed by atoms with Gasteiger partial charge in [-0.25, -0.2) is 0 Å². The number of likely N-dealkylation sites (tertiary alicyclic amines) is 1. The zero-order valence-corrected chi connectivity index (χ0v) is 11.9. The lowest BCUT2D eigenvalue weighted by molar-refractivity contribution is -0.128. The minimum absolute atomic E-state index is 0.0573. The fourth-order valence-electron chi connectivity index (χ4n) is 2.66. The van der Waals surface area contributed by atoms with E-state index in [1.54, 1.807) is 6.07 Å². The molecule has 2 aliphatic rings. The Balaban J connectivity index is 1.54. The first-order valence-electron chi connectivity index (χ1n) is 6.95. The third kappa shape index (κ3) is 2.96. The highest BCUT2D eigenvalue weighted by Gasteiger charge is 2.39. The molecule has 1 atom stereocenters. The van der Waals surface area contributed by atoms with Crippen molar-refractivity contribution in [3.05, 3.63) is 34.9 Å². The molecule has 0 bridgehead atoms. The van der Waals surface area contributed by atoms with Crippen LogP contribution >= 0.6 is 11.6 Å². The quantitative estimate of drug-likeness (QED) is 0.919. The van der Waals surface area contributed by atoms with Gasteiger partial charge in [-0.1, -0.05) is 29.8 Å². The van der Waals surface area contributed by atoms with E-state index < -0.39 is 0 Å². The van der Waals surface area contributed by atoms with E-state index in [-0.39, 0.29) is 24.3 Å². The van der Waals surface area contributed by atoms with Gasteiger partial charge in [-0.3, -0.25) is 9.59 Å². The normalized spacial score (nSPS) is 22.1. The summed E-state index contributed by atoms with van der Waals surface area (Å²) in [5, 5.41) is 3.54. The summed E-state index contributed by atoms with van der Waals surface area (Å²) >= 11 is 6.04. The molecule has 1 N–H and O–H groups in total. The maximum Gasteiger partial charge on any atom is 0.225 e. The van der Waals surface area contributed by atoms with Gasteiger partial charge < -0.3 is 10.2 Å². The first-order chi connectivity index (χ1) is 9.63. The Hall–Kier alpha value is -1.55. The van der Waals surface area contributed by atoms with Crippen LogP contribution in [-0.4, -0.2) is 35.3 Å². The molecule has 2 amide bonds. The van der Waals surface area contributed by atoms with Gasteiger partial charge in [0.1, 0.15) is 0 Å². The van der Waals surface area contributed by atoms with Crippen molar-refractivity contribution < 1.29 is 9.59 Å². The summed E-state index contributed by atoms with van der Waals surface area (Å²) in [6.45, 7) is 0.651. The van der Waals surface area contributed by atoms with Crippen molar-refractivity contribution in [3.63, 3.8) is 0 Å². The summed E-state index contributed by atoms with van der Waals surface area (Å²) in [5.74, 6) is 0.0871. The van der Waals surface area contributed by atoms with E-state index in [1.165, 1.54) is 0 Å². The monoisotopic (exact) mass is 292 g/mol. The molecule has 0 spiro atoms. The van der Waals surface area contributed by atoms with Crippen LogP contribution in [0.5, 0.6) is 0 Å². The molecule has 4 nitrogen and oxygen atoms in total. The number of hydrogen-bond acceptors (Lipinski definition) is 2. The molecule has 1 saturated carbocycles. The SMILES string of the molecule is O=C(Cc1ccccc1Cl)N[C@H]1CC(=O)N(C2CC2)C1. The first-order valence-corrected chi connectivity index (χ1v) is 7.33. The molecule has 1 saturated heterocycles. The van der Waals surface area contributed by atoms with Crippen LogP contribution in [-0.2, 0) is 16.0 Å². The van der Waals surface area contributed by atoms with Gasteiger partial charge >= 0.3 is 0 Å². The van der Waals surface area contributed by atoms with Gasteiger partial charge in [0.25, 0.3) is 0 Å². The lowest BCUT2D eigenvalue weighted by Gasteiger charge is -2.16. The Labute approximate surface area is 123 Å². The number of amides is 2. The van der Waals surface area contributed by atoms with Gasteiger partial charge in [0.2, 0.25) is 11.8 Å². The summed E-state index contributed by atoms with van der Waals surface area (Å²) in [6.07, 6.45) is 2.89. The molecule has 1 heterocycles. The number of carbonyl (C=O) groups is 2. The molecular formula is C15H17ClN2O2. The molecule has 20 heavy (non-hydrogen) atoms. The molecular weight excluding hydrogens is 276 g/mol. The highest BCUT2D eigenvalue weighted by atomic mass is 35.5. The maximum absolute atomic E-state index is 12.0. The van der Waals surface area contributed by atoms with Crippen LogP contribution in [0, 0.1) is 0 Å². The Morgan fingerprint density at radius 2 is 2.10 bits per heavy atom. The number of nitrogens with zero attached hydrogens (tertiary/aromatic N) is 1. The number of halogens is 1. The fraction of sp³-hybridized carbons (Fsp3) is 0.467. The summed E-state index contributed by atoms with van der Waals surface area (Å²) in [4.78, 5) is 25.7. The van der Waals surface area contributed by atoms with Crippen molar-refractivity contribution >= 4 is 23.4 Å². The first kappa shape index (κ1) is 13.4. The van der Waals surface area contributed by atoms with Crippen LogP contribution in [0.3, 0.4) is 0 Å². The van der Waals surface area contributed by atoms with Gasteiger partial charge in [-0.2, -0.15) is 0 Å². The number of benzene rings is 1. The maximum atomic E-state index is 12.0. The molecule has 3 rings (SSSR count). The Kier molecular flexibility index (Phi) is 3.66. The van der Waals surface area contributed by atoms with Crippen molar-refractivity contribution in [3.8, 4) is 0 Å². The lowest BCUT2D eigenvalue weighted by atomic mass is 10.1. The zero-order chi connectivity index (χ0) is 14.1. The van der Waals surface area contributed by atoms with Gasteiger partial charge in [0.15, 0.2) is 0 Å². The van der Waals surface area contributed by atoms with Gasteiger partial charge in [0, 0.05) is 24.0 Å². The summed E-state index contributed by atoms with van der Waals surface area (Å²) in [5.41, 5.74) is 0.815. The van der Waals surface area contributed by atoms with Gasteiger partial charge in [-0.15, -0.1) is 0 Å². The highest BCUT2D eigenvalue weighted by molar-refractivity contribution is 6.31. The molecule has 0 unspecified atom stereocenters. The summed E-state index contributed by atoms with van der Waals surface area (Å²) in [6, 6.07) is 7.69. The molecule has 1 aromatic rings. The van der Waals surface area contributed by atoms with Gasteiger partial charge in [0.05, 0.1) is 12.5 Å². The average molecular weight is 293 g/mol. The van der Waals surface area contributed by atoms with Crippen LogP contribution in [0.1, 0.15) is 24.8 Å². The van der Waals surface area contributed by atoms with Crippen LogP contribution in [0.25, 0.3) is 0 Å². The zero-order valence-electron chi connectivity index (χ0n) is 11.1. The molecule has 1 aromatic carbocycles. The molecule has 5 heteroatoms. The minimum Gasteiger partial charge on any atom is -0.351 e. The number of rotatable bonds is 4. The van der Waals surface area contributed by atoms with Crippen LogP contribution in [0.15, 0.2) is 24.3 Å². The van der Waals surface area contributed by atoms with E-state index in [4.69, 9.17) is 11.6 Å². The summed E-state index contributed by atoms with van der Waals surface area (Å²) < 4.78 is 0. The van der Waals surface area contributed by atoms with E-state index in [0.29, 0.717) is 24.0 Å². The largest absolute Gasteiger partial charge is 0.351 e. The number of hydrogen-bond donors (Lipinski definition) is 1. The van der Waals surface area contributed by atoms with Crippen molar-refractivity contribution in [2.75, 3.05) is 6.54 Å². The number of nitrogens with one attached hydrogen (secondary N) is 1. The topological polar surface area (TPSA) is 49.4 Å². The predicted molar refractivity (Wildman–Crippen MR) is 76.4 cm³/mol. The second-order valence-corrected chi connectivity index (χ2v) is 5.92. The number of carbonyl (C=O) groups excluding carboxylic acids is 2. The van der Waals surface area contributed by atoms with Crippen molar-refractivity contribution in [2.45, 2.75) is 37.8 Å². The van der Waals surface area contributed by atoms with E-state index in [2.05, 4.69) is 5.32 Å². The third-order valence-electron chi connectivity index (χ3n) is 3.82. The Bertz CT molecular complexity index is 542. The van der Waals surface area contributed by atoms with E-state index in [9.17, 15) is 9.59 Å². The van der Waals surface area contributed by atoms with Crippen molar-refractivity contribution in [2.24, 2.45) is 0 Å². The van der Waals surface area contributed by atoms with E-state index >= 15 is 0 Å². The lowest BCUT2D eigenvalue weighted by Crippen LogP contribution is -2.38. The second-order valence-electron chi connectivity index (χ2n) is 5.51. The molecule has 0 radical (unpaired) electrons. The molecule has 1 aliphatic carbocycles. The minimum atomic E-state index is -0.0754. The van der Waals surface area contributed by atoms with E-state index in [1.807, 2.05) is 23.1 Å². The smallest absolute Gasteiger partial charge is 0.225 e. The molecule has 1 aliphatic heterocycles. The van der Waals surface area contributed by atoms with E-state index in [0.717, 1.165) is 18.4 Å². The molecule has 2 fully saturated rings.